The van der Waals surface area contributed by atoms with E-state index in [2.05, 4.69) is 5.32 Å². The standard InChI is InChI=1S/C15H12ClF2NOS/c16-11-3-6-13(18)14(7-11)19-15(20)9-21-8-10-1-4-12(17)5-2-10/h1-7H,8-9H2,(H,19,20). The van der Waals surface area contributed by atoms with Gasteiger partial charge < -0.3 is 5.32 Å². The van der Waals surface area contributed by atoms with Crippen molar-refractivity contribution in [3.05, 3.63) is 64.7 Å². The van der Waals surface area contributed by atoms with E-state index >= 15 is 0 Å². The van der Waals surface area contributed by atoms with Crippen molar-refractivity contribution in [2.24, 2.45) is 0 Å². The van der Waals surface area contributed by atoms with Gasteiger partial charge in [-0.25, -0.2) is 8.78 Å². The summed E-state index contributed by atoms with van der Waals surface area (Å²) in [4.78, 5) is 11.7. The van der Waals surface area contributed by atoms with Gasteiger partial charge in [0, 0.05) is 10.8 Å². The van der Waals surface area contributed by atoms with Crippen molar-refractivity contribution in [3.63, 3.8) is 0 Å². The van der Waals surface area contributed by atoms with E-state index in [1.807, 2.05) is 0 Å². The van der Waals surface area contributed by atoms with E-state index in [9.17, 15) is 13.6 Å². The first-order valence-corrected chi connectivity index (χ1v) is 7.65. The first-order valence-electron chi connectivity index (χ1n) is 6.11. The summed E-state index contributed by atoms with van der Waals surface area (Å²) in [6.07, 6.45) is 0. The van der Waals surface area contributed by atoms with Crippen molar-refractivity contribution in [2.75, 3.05) is 11.1 Å². The molecule has 0 bridgehead atoms. The second-order valence-electron chi connectivity index (χ2n) is 4.29. The second-order valence-corrected chi connectivity index (χ2v) is 5.71. The Morgan fingerprint density at radius 1 is 1.14 bits per heavy atom. The van der Waals surface area contributed by atoms with Gasteiger partial charge in [-0.3, -0.25) is 4.79 Å². The molecule has 0 saturated heterocycles. The molecule has 2 nitrogen and oxygen atoms in total. The lowest BCUT2D eigenvalue weighted by molar-refractivity contribution is -0.113. The fourth-order valence-corrected chi connectivity index (χ4v) is 2.58. The number of hydrogen-bond donors (Lipinski definition) is 1. The van der Waals surface area contributed by atoms with Crippen LogP contribution in [0.15, 0.2) is 42.5 Å². The van der Waals surface area contributed by atoms with Gasteiger partial charge in [0.05, 0.1) is 11.4 Å². The van der Waals surface area contributed by atoms with Crippen LogP contribution in [-0.2, 0) is 10.5 Å². The first-order chi connectivity index (χ1) is 10.0. The number of benzene rings is 2. The zero-order valence-corrected chi connectivity index (χ0v) is 12.5. The number of nitrogens with one attached hydrogen (secondary N) is 1. The van der Waals surface area contributed by atoms with Gasteiger partial charge in [-0.15, -0.1) is 11.8 Å². The largest absolute Gasteiger partial charge is 0.323 e. The number of halogens is 3. The third kappa shape index (κ3) is 5.02. The van der Waals surface area contributed by atoms with E-state index in [1.165, 1.54) is 42.1 Å². The fourth-order valence-electron chi connectivity index (χ4n) is 1.62. The summed E-state index contributed by atoms with van der Waals surface area (Å²) in [5, 5.41) is 2.82. The third-order valence-electron chi connectivity index (χ3n) is 2.62. The molecule has 0 fully saturated rings. The Morgan fingerprint density at radius 2 is 1.86 bits per heavy atom. The SMILES string of the molecule is O=C(CSCc1ccc(F)cc1)Nc1cc(Cl)ccc1F. The van der Waals surface area contributed by atoms with E-state index < -0.39 is 5.82 Å². The van der Waals surface area contributed by atoms with Crippen LogP contribution < -0.4 is 5.32 Å². The number of thioether (sulfide) groups is 1. The summed E-state index contributed by atoms with van der Waals surface area (Å²) in [5.74, 6) is -0.396. The minimum atomic E-state index is -0.531. The van der Waals surface area contributed by atoms with E-state index in [4.69, 9.17) is 11.6 Å². The quantitative estimate of drug-likeness (QED) is 0.876. The lowest BCUT2D eigenvalue weighted by atomic mass is 10.2. The van der Waals surface area contributed by atoms with Crippen molar-refractivity contribution >= 4 is 35.0 Å². The molecule has 0 aliphatic carbocycles. The molecule has 0 aliphatic heterocycles. The Labute approximate surface area is 130 Å². The molecule has 0 unspecified atom stereocenters. The van der Waals surface area contributed by atoms with Crippen LogP contribution in [0.3, 0.4) is 0 Å². The van der Waals surface area contributed by atoms with E-state index in [0.717, 1.165) is 5.56 Å². The number of anilines is 1. The maximum atomic E-state index is 13.4. The minimum Gasteiger partial charge on any atom is -0.323 e. The van der Waals surface area contributed by atoms with Crippen LogP contribution in [-0.4, -0.2) is 11.7 Å². The lowest BCUT2D eigenvalue weighted by Crippen LogP contribution is -2.15. The van der Waals surface area contributed by atoms with Gasteiger partial charge in [-0.2, -0.15) is 0 Å². The Kier molecular flexibility index (Phi) is 5.59. The average molecular weight is 328 g/mol. The molecule has 0 radical (unpaired) electrons. The summed E-state index contributed by atoms with van der Waals surface area (Å²) >= 11 is 7.10. The summed E-state index contributed by atoms with van der Waals surface area (Å²) in [7, 11) is 0. The molecule has 6 heteroatoms. The maximum Gasteiger partial charge on any atom is 0.234 e. The molecular weight excluding hydrogens is 316 g/mol. The minimum absolute atomic E-state index is 0.0647. The summed E-state index contributed by atoms with van der Waals surface area (Å²) < 4.78 is 26.2. The Bertz CT molecular complexity index is 634. The molecule has 0 aromatic heterocycles. The summed E-state index contributed by atoms with van der Waals surface area (Å²) in [6.45, 7) is 0. The monoisotopic (exact) mass is 327 g/mol. The highest BCUT2D eigenvalue weighted by atomic mass is 35.5. The molecule has 1 N–H and O–H groups in total. The second kappa shape index (κ2) is 7.43. The van der Waals surface area contributed by atoms with Crippen molar-refractivity contribution in [1.82, 2.24) is 0 Å². The Balaban J connectivity index is 1.82. The van der Waals surface area contributed by atoms with Gasteiger partial charge in [0.1, 0.15) is 11.6 Å². The molecular formula is C15H12ClF2NOS. The van der Waals surface area contributed by atoms with E-state index in [-0.39, 0.29) is 23.2 Å². The van der Waals surface area contributed by atoms with Gasteiger partial charge in [0.2, 0.25) is 5.91 Å². The Hall–Kier alpha value is -1.59. The highest BCUT2D eigenvalue weighted by Gasteiger charge is 2.08. The fraction of sp³-hybridized carbons (Fsp3) is 0.133. The molecule has 2 aromatic carbocycles. The van der Waals surface area contributed by atoms with Gasteiger partial charge in [-0.05, 0) is 35.9 Å². The van der Waals surface area contributed by atoms with Crippen LogP contribution in [0.4, 0.5) is 14.5 Å². The number of carbonyl (C=O) groups excluding carboxylic acids is 1. The van der Waals surface area contributed by atoms with Gasteiger partial charge in [0.25, 0.3) is 0 Å². The predicted molar refractivity (Wildman–Crippen MR) is 82.6 cm³/mol. The van der Waals surface area contributed by atoms with E-state index in [0.29, 0.717) is 10.8 Å². The topological polar surface area (TPSA) is 29.1 Å². The van der Waals surface area contributed by atoms with Crippen molar-refractivity contribution in [1.29, 1.82) is 0 Å². The first kappa shape index (κ1) is 15.8. The molecule has 0 heterocycles. The van der Waals surface area contributed by atoms with Crippen LogP contribution in [0, 0.1) is 11.6 Å². The molecule has 21 heavy (non-hydrogen) atoms. The molecule has 2 aromatic rings. The van der Waals surface area contributed by atoms with E-state index in [1.54, 1.807) is 12.1 Å². The summed E-state index contributed by atoms with van der Waals surface area (Å²) in [6, 6.07) is 10.0. The van der Waals surface area contributed by atoms with Crippen molar-refractivity contribution < 1.29 is 13.6 Å². The van der Waals surface area contributed by atoms with Crippen LogP contribution in [0.25, 0.3) is 0 Å². The molecule has 110 valence electrons. The molecule has 2 rings (SSSR count). The lowest BCUT2D eigenvalue weighted by Gasteiger charge is -2.07. The number of rotatable bonds is 5. The van der Waals surface area contributed by atoms with Gasteiger partial charge >= 0.3 is 0 Å². The van der Waals surface area contributed by atoms with Crippen LogP contribution in [0.5, 0.6) is 0 Å². The average Bonchev–Trinajstić information content (AvgIpc) is 2.45. The third-order valence-corrected chi connectivity index (χ3v) is 3.86. The number of hydrogen-bond acceptors (Lipinski definition) is 2. The zero-order valence-electron chi connectivity index (χ0n) is 10.9. The normalized spacial score (nSPS) is 10.4. The molecule has 1 amide bonds. The number of carbonyl (C=O) groups is 1. The Morgan fingerprint density at radius 3 is 2.57 bits per heavy atom. The molecule has 0 atom stereocenters. The highest BCUT2D eigenvalue weighted by Crippen LogP contribution is 2.20. The molecule has 0 aliphatic rings. The van der Waals surface area contributed by atoms with Crippen molar-refractivity contribution in [3.8, 4) is 0 Å². The van der Waals surface area contributed by atoms with Crippen LogP contribution in [0.2, 0.25) is 5.02 Å². The smallest absolute Gasteiger partial charge is 0.234 e. The highest BCUT2D eigenvalue weighted by molar-refractivity contribution is 7.99. The maximum absolute atomic E-state index is 13.4. The van der Waals surface area contributed by atoms with Crippen LogP contribution in [0.1, 0.15) is 5.56 Å². The summed E-state index contributed by atoms with van der Waals surface area (Å²) in [5.41, 5.74) is 0.984. The number of amides is 1. The van der Waals surface area contributed by atoms with Crippen LogP contribution >= 0.6 is 23.4 Å². The predicted octanol–water partition coefficient (Wildman–Crippen LogP) is 4.49. The van der Waals surface area contributed by atoms with Gasteiger partial charge in [-0.1, -0.05) is 23.7 Å². The molecule has 0 spiro atoms. The zero-order chi connectivity index (χ0) is 15.2. The van der Waals surface area contributed by atoms with Crippen molar-refractivity contribution in [2.45, 2.75) is 5.75 Å². The van der Waals surface area contributed by atoms with Gasteiger partial charge in [0.15, 0.2) is 0 Å². The molecule has 0 saturated carbocycles.